The number of likely N-dealkylation sites (N-methyl/N-ethyl adjacent to an activating group) is 1. The number of nitrogens with two attached hydrogens (primary N) is 2. The van der Waals surface area contributed by atoms with Gasteiger partial charge in [-0.25, -0.2) is 0 Å². The molecule has 4 N–H and O–H groups in total. The van der Waals surface area contributed by atoms with Gasteiger partial charge in [-0.15, -0.1) is 0 Å². The molecule has 3 unspecified atom stereocenters. The first-order valence-electron chi connectivity index (χ1n) is 8.07. The molecule has 3 amide bonds. The average Bonchev–Trinajstić information content (AvgIpc) is 3.01. The zero-order valence-electron chi connectivity index (χ0n) is 14.7. The van der Waals surface area contributed by atoms with E-state index in [1.807, 2.05) is 6.07 Å². The highest BCUT2D eigenvalue weighted by Gasteiger charge is 2.44. The van der Waals surface area contributed by atoms with Crippen LogP contribution in [0.4, 0.5) is 0 Å². The van der Waals surface area contributed by atoms with Gasteiger partial charge in [0.1, 0.15) is 12.6 Å². The van der Waals surface area contributed by atoms with Gasteiger partial charge in [0, 0.05) is 7.05 Å². The van der Waals surface area contributed by atoms with E-state index < -0.39 is 41.1 Å². The van der Waals surface area contributed by atoms with Gasteiger partial charge in [0.15, 0.2) is 11.9 Å². The standard InChI is InChI=1S/C18H22N3O5/c1-18(17(20)25,11-6-4-3-5-7-11)9-8-13(23)21(2)14-12(22)10-26-15(14)16(19)24/h3-8,14-15H,9-10H2,1-2H3,(H2,19,24)(H2,20,25). The monoisotopic (exact) mass is 360 g/mol. The van der Waals surface area contributed by atoms with Crippen LogP contribution >= 0.6 is 0 Å². The molecule has 0 bridgehead atoms. The Kier molecular flexibility index (Phi) is 5.76. The van der Waals surface area contributed by atoms with Crippen molar-refractivity contribution in [2.75, 3.05) is 13.7 Å². The Balaban J connectivity index is 2.12. The third-order valence-electron chi connectivity index (χ3n) is 4.71. The van der Waals surface area contributed by atoms with Crippen LogP contribution in [0.25, 0.3) is 0 Å². The van der Waals surface area contributed by atoms with Gasteiger partial charge in [-0.3, -0.25) is 19.2 Å². The van der Waals surface area contributed by atoms with Gasteiger partial charge in [0.25, 0.3) is 0 Å². The van der Waals surface area contributed by atoms with Crippen molar-refractivity contribution in [1.82, 2.24) is 4.90 Å². The summed E-state index contributed by atoms with van der Waals surface area (Å²) in [7, 11) is 1.39. The van der Waals surface area contributed by atoms with E-state index in [1.165, 1.54) is 13.5 Å². The number of amides is 3. The molecule has 1 aliphatic heterocycles. The first kappa shape index (κ1) is 19.6. The molecule has 8 heteroatoms. The van der Waals surface area contributed by atoms with E-state index in [4.69, 9.17) is 16.2 Å². The minimum absolute atomic E-state index is 0.0402. The lowest BCUT2D eigenvalue weighted by atomic mass is 9.77. The van der Waals surface area contributed by atoms with Crippen LogP contribution in [-0.2, 0) is 29.3 Å². The molecule has 139 valence electrons. The van der Waals surface area contributed by atoms with Crippen LogP contribution in [0, 0.1) is 6.42 Å². The quantitative estimate of drug-likeness (QED) is 0.664. The zero-order valence-corrected chi connectivity index (χ0v) is 14.7. The van der Waals surface area contributed by atoms with Crippen molar-refractivity contribution in [1.29, 1.82) is 0 Å². The molecule has 1 aliphatic rings. The SMILES string of the molecule is CN(C(=O)[CH]CC(C)(C(N)=O)c1ccccc1)C1C(=O)COC1C(N)=O. The molecule has 1 heterocycles. The van der Waals surface area contributed by atoms with E-state index >= 15 is 0 Å². The van der Waals surface area contributed by atoms with E-state index in [2.05, 4.69) is 0 Å². The van der Waals surface area contributed by atoms with Crippen LogP contribution in [-0.4, -0.2) is 54.2 Å². The van der Waals surface area contributed by atoms with E-state index in [0.29, 0.717) is 5.56 Å². The Bertz CT molecular complexity index is 721. The predicted molar refractivity (Wildman–Crippen MR) is 92.4 cm³/mol. The fourth-order valence-electron chi connectivity index (χ4n) is 2.91. The Morgan fingerprint density at radius 1 is 1.27 bits per heavy atom. The molecule has 1 radical (unpaired) electrons. The number of carbonyl (C=O) groups is 4. The smallest absolute Gasteiger partial charge is 0.249 e. The van der Waals surface area contributed by atoms with Crippen LogP contribution in [0.5, 0.6) is 0 Å². The third kappa shape index (κ3) is 3.75. The van der Waals surface area contributed by atoms with Crippen molar-refractivity contribution in [2.24, 2.45) is 11.5 Å². The van der Waals surface area contributed by atoms with Crippen LogP contribution in [0.15, 0.2) is 30.3 Å². The van der Waals surface area contributed by atoms with Crippen molar-refractivity contribution in [3.8, 4) is 0 Å². The molecule has 1 aromatic carbocycles. The van der Waals surface area contributed by atoms with E-state index in [0.717, 1.165) is 4.90 Å². The van der Waals surface area contributed by atoms with E-state index in [9.17, 15) is 19.2 Å². The van der Waals surface area contributed by atoms with Gasteiger partial charge in [-0.2, -0.15) is 0 Å². The summed E-state index contributed by atoms with van der Waals surface area (Å²) >= 11 is 0. The molecular weight excluding hydrogens is 338 g/mol. The van der Waals surface area contributed by atoms with Crippen LogP contribution in [0.3, 0.4) is 0 Å². The number of primary amides is 2. The van der Waals surface area contributed by atoms with Gasteiger partial charge in [0.2, 0.25) is 17.7 Å². The highest BCUT2D eigenvalue weighted by atomic mass is 16.5. The molecule has 2 rings (SSSR count). The minimum atomic E-state index is -1.18. The molecule has 1 fully saturated rings. The molecule has 8 nitrogen and oxygen atoms in total. The van der Waals surface area contributed by atoms with Crippen molar-refractivity contribution in [2.45, 2.75) is 30.9 Å². The van der Waals surface area contributed by atoms with Crippen LogP contribution in [0.2, 0.25) is 0 Å². The maximum Gasteiger partial charge on any atom is 0.249 e. The summed E-state index contributed by atoms with van der Waals surface area (Å²) in [6.45, 7) is 1.36. The molecule has 0 saturated carbocycles. The highest BCUT2D eigenvalue weighted by Crippen LogP contribution is 2.29. The van der Waals surface area contributed by atoms with Crippen molar-refractivity contribution < 1.29 is 23.9 Å². The number of hydrogen-bond acceptors (Lipinski definition) is 5. The summed E-state index contributed by atoms with van der Waals surface area (Å²) in [5, 5.41) is 0. The van der Waals surface area contributed by atoms with Crippen molar-refractivity contribution >= 4 is 23.5 Å². The predicted octanol–water partition coefficient (Wildman–Crippen LogP) is -0.696. The lowest BCUT2D eigenvalue weighted by Gasteiger charge is -2.29. The zero-order chi connectivity index (χ0) is 19.5. The molecule has 3 atom stereocenters. The number of hydrogen-bond donors (Lipinski definition) is 2. The largest absolute Gasteiger partial charge is 0.369 e. The molecule has 26 heavy (non-hydrogen) atoms. The van der Waals surface area contributed by atoms with Gasteiger partial charge in [0.05, 0.1) is 11.8 Å². The van der Waals surface area contributed by atoms with E-state index in [1.54, 1.807) is 31.2 Å². The molecule has 0 aromatic heterocycles. The maximum absolute atomic E-state index is 12.5. The summed E-state index contributed by atoms with van der Waals surface area (Å²) in [4.78, 5) is 49.0. The number of carbonyl (C=O) groups excluding carboxylic acids is 4. The van der Waals surface area contributed by atoms with Gasteiger partial charge < -0.3 is 21.1 Å². The van der Waals surface area contributed by atoms with Crippen molar-refractivity contribution in [3.05, 3.63) is 42.3 Å². The number of ether oxygens (including phenoxy) is 1. The second-order valence-electron chi connectivity index (χ2n) is 6.46. The summed E-state index contributed by atoms with van der Waals surface area (Å²) < 4.78 is 5.06. The summed E-state index contributed by atoms with van der Waals surface area (Å²) in [6, 6.07) is 7.79. The first-order chi connectivity index (χ1) is 12.2. The molecule has 0 aliphatic carbocycles. The van der Waals surface area contributed by atoms with Gasteiger partial charge in [-0.1, -0.05) is 30.3 Å². The second kappa shape index (κ2) is 7.65. The lowest BCUT2D eigenvalue weighted by molar-refractivity contribution is -0.137. The Labute approximate surface area is 151 Å². The number of ketones is 1. The average molecular weight is 360 g/mol. The molecule has 1 saturated heterocycles. The summed E-state index contributed by atoms with van der Waals surface area (Å²) in [6.07, 6.45) is 0.140. The van der Waals surface area contributed by atoms with E-state index in [-0.39, 0.29) is 13.0 Å². The fourth-order valence-corrected chi connectivity index (χ4v) is 2.91. The minimum Gasteiger partial charge on any atom is -0.369 e. The lowest BCUT2D eigenvalue weighted by Crippen LogP contribution is -2.51. The third-order valence-corrected chi connectivity index (χ3v) is 4.71. The Morgan fingerprint density at radius 2 is 1.88 bits per heavy atom. The number of benzene rings is 1. The number of rotatable bonds is 7. The van der Waals surface area contributed by atoms with Gasteiger partial charge in [-0.05, 0) is 18.9 Å². The number of Topliss-reactive ketones (excluding diaryl/α,β-unsaturated/α-hetero) is 1. The maximum atomic E-state index is 12.5. The topological polar surface area (TPSA) is 133 Å². The molecule has 0 spiro atoms. The van der Waals surface area contributed by atoms with Crippen LogP contribution < -0.4 is 11.5 Å². The Hall–Kier alpha value is -2.74. The van der Waals surface area contributed by atoms with Crippen LogP contribution in [0.1, 0.15) is 18.9 Å². The van der Waals surface area contributed by atoms with Crippen molar-refractivity contribution in [3.63, 3.8) is 0 Å². The second-order valence-corrected chi connectivity index (χ2v) is 6.46. The summed E-state index contributed by atoms with van der Waals surface area (Å²) in [5.74, 6) is -2.32. The Morgan fingerprint density at radius 3 is 2.42 bits per heavy atom. The fraction of sp³-hybridized carbons (Fsp3) is 0.389. The van der Waals surface area contributed by atoms with Gasteiger partial charge >= 0.3 is 0 Å². The first-order valence-corrected chi connectivity index (χ1v) is 8.07. The normalized spacial score (nSPS) is 21.8. The molecule has 1 aromatic rings. The highest BCUT2D eigenvalue weighted by molar-refractivity contribution is 5.99. The number of nitrogens with zero attached hydrogens (tertiary/aromatic N) is 1. The summed E-state index contributed by atoms with van der Waals surface area (Å²) in [5.41, 5.74) is 10.4. The molecular formula is C18H22N3O5.